The van der Waals surface area contributed by atoms with Gasteiger partial charge in [-0.1, -0.05) is 20.8 Å². The van der Waals surface area contributed by atoms with E-state index in [1.165, 1.54) is 45.2 Å². The lowest BCUT2D eigenvalue weighted by Gasteiger charge is -2.48. The van der Waals surface area contributed by atoms with E-state index in [9.17, 15) is 4.79 Å². The molecule has 3 nitrogen and oxygen atoms in total. The van der Waals surface area contributed by atoms with Gasteiger partial charge in [-0.2, -0.15) is 0 Å². The van der Waals surface area contributed by atoms with Crippen molar-refractivity contribution < 1.29 is 4.79 Å². The quantitative estimate of drug-likeness (QED) is 0.793. The number of likely N-dealkylation sites (tertiary alicyclic amines) is 2. The first-order valence-corrected chi connectivity index (χ1v) is 8.50. The minimum absolute atomic E-state index is 0.149. The SMILES string of the molecule is CCC(C)N1CCC2(CCN(C(=O)C(C)C)CC2)CC1. The van der Waals surface area contributed by atoms with Crippen LogP contribution in [-0.4, -0.2) is 47.9 Å². The molecule has 0 aromatic heterocycles. The van der Waals surface area contributed by atoms with Crippen LogP contribution in [-0.2, 0) is 4.79 Å². The third-order valence-electron chi connectivity index (χ3n) is 5.70. The number of rotatable bonds is 3. The number of hydrogen-bond donors (Lipinski definition) is 0. The van der Waals surface area contributed by atoms with Gasteiger partial charge in [-0.25, -0.2) is 0 Å². The molecule has 0 saturated carbocycles. The second-order valence-corrected chi connectivity index (χ2v) is 7.27. The van der Waals surface area contributed by atoms with Crippen LogP contribution in [0.3, 0.4) is 0 Å². The van der Waals surface area contributed by atoms with Crippen LogP contribution in [0.15, 0.2) is 0 Å². The summed E-state index contributed by atoms with van der Waals surface area (Å²) in [7, 11) is 0. The maximum Gasteiger partial charge on any atom is 0.225 e. The third-order valence-corrected chi connectivity index (χ3v) is 5.70. The van der Waals surface area contributed by atoms with Crippen molar-refractivity contribution in [2.75, 3.05) is 26.2 Å². The summed E-state index contributed by atoms with van der Waals surface area (Å²) >= 11 is 0. The van der Waals surface area contributed by atoms with Crippen molar-refractivity contribution in [3.8, 4) is 0 Å². The highest BCUT2D eigenvalue weighted by atomic mass is 16.2. The molecule has 0 radical (unpaired) electrons. The second-order valence-electron chi connectivity index (χ2n) is 7.27. The molecule has 1 spiro atoms. The summed E-state index contributed by atoms with van der Waals surface area (Å²) in [6.45, 7) is 13.1. The van der Waals surface area contributed by atoms with E-state index in [0.717, 1.165) is 19.1 Å². The van der Waals surface area contributed by atoms with Crippen LogP contribution in [0.1, 0.15) is 59.8 Å². The van der Waals surface area contributed by atoms with E-state index in [-0.39, 0.29) is 5.92 Å². The van der Waals surface area contributed by atoms with Gasteiger partial charge in [-0.05, 0) is 57.5 Å². The van der Waals surface area contributed by atoms with Crippen LogP contribution in [0.5, 0.6) is 0 Å². The summed E-state index contributed by atoms with van der Waals surface area (Å²) < 4.78 is 0. The predicted octanol–water partition coefficient (Wildman–Crippen LogP) is 3.15. The molecule has 1 atom stereocenters. The van der Waals surface area contributed by atoms with Gasteiger partial charge in [0.25, 0.3) is 0 Å². The first-order chi connectivity index (χ1) is 9.47. The lowest BCUT2D eigenvalue weighted by molar-refractivity contribution is -0.137. The Balaban J connectivity index is 1.84. The molecule has 1 unspecified atom stereocenters. The minimum atomic E-state index is 0.149. The highest BCUT2D eigenvalue weighted by Gasteiger charge is 2.39. The Bertz CT molecular complexity index is 322. The van der Waals surface area contributed by atoms with Crippen molar-refractivity contribution in [1.29, 1.82) is 0 Å². The fourth-order valence-electron chi connectivity index (χ4n) is 3.76. The Morgan fingerprint density at radius 3 is 1.95 bits per heavy atom. The summed E-state index contributed by atoms with van der Waals surface area (Å²) in [5.74, 6) is 0.494. The number of hydrogen-bond acceptors (Lipinski definition) is 2. The number of amides is 1. The van der Waals surface area contributed by atoms with E-state index >= 15 is 0 Å². The third kappa shape index (κ3) is 3.36. The fourth-order valence-corrected chi connectivity index (χ4v) is 3.76. The largest absolute Gasteiger partial charge is 0.342 e. The second kappa shape index (κ2) is 6.46. The van der Waals surface area contributed by atoms with Crippen molar-refractivity contribution >= 4 is 5.91 Å². The summed E-state index contributed by atoms with van der Waals surface area (Å²) in [6.07, 6.45) is 6.37. The zero-order valence-electron chi connectivity index (χ0n) is 13.8. The molecule has 20 heavy (non-hydrogen) atoms. The van der Waals surface area contributed by atoms with Gasteiger partial charge in [0, 0.05) is 25.0 Å². The van der Waals surface area contributed by atoms with Gasteiger partial charge in [0.15, 0.2) is 0 Å². The van der Waals surface area contributed by atoms with E-state index in [4.69, 9.17) is 0 Å². The Kier molecular flexibility index (Phi) is 5.11. The topological polar surface area (TPSA) is 23.6 Å². The molecule has 0 aromatic carbocycles. The summed E-state index contributed by atoms with van der Waals surface area (Å²) in [6, 6.07) is 0.731. The van der Waals surface area contributed by atoms with Crippen LogP contribution >= 0.6 is 0 Å². The molecule has 0 aliphatic carbocycles. The normalized spacial score (nSPS) is 25.1. The molecular formula is C17H32N2O. The van der Waals surface area contributed by atoms with Crippen molar-refractivity contribution in [2.45, 2.75) is 65.8 Å². The first-order valence-electron chi connectivity index (χ1n) is 8.50. The van der Waals surface area contributed by atoms with Crippen LogP contribution in [0, 0.1) is 11.3 Å². The molecule has 2 fully saturated rings. The minimum Gasteiger partial charge on any atom is -0.342 e. The number of carbonyl (C=O) groups excluding carboxylic acids is 1. The Labute approximate surface area is 124 Å². The molecular weight excluding hydrogens is 248 g/mol. The molecule has 2 rings (SSSR count). The molecule has 1 amide bonds. The molecule has 116 valence electrons. The first kappa shape index (κ1) is 15.8. The van der Waals surface area contributed by atoms with Crippen LogP contribution in [0.25, 0.3) is 0 Å². The molecule has 2 aliphatic rings. The summed E-state index contributed by atoms with van der Waals surface area (Å²) in [5, 5.41) is 0. The van der Waals surface area contributed by atoms with E-state index in [2.05, 4.69) is 23.6 Å². The molecule has 0 bridgehead atoms. The molecule has 0 aromatic rings. The van der Waals surface area contributed by atoms with Crippen molar-refractivity contribution in [1.82, 2.24) is 9.80 Å². The van der Waals surface area contributed by atoms with Gasteiger partial charge in [0.05, 0.1) is 0 Å². The molecule has 2 heterocycles. The Morgan fingerprint density at radius 1 is 1.00 bits per heavy atom. The van der Waals surface area contributed by atoms with E-state index in [0.29, 0.717) is 11.3 Å². The fraction of sp³-hybridized carbons (Fsp3) is 0.941. The van der Waals surface area contributed by atoms with Gasteiger partial charge in [-0.15, -0.1) is 0 Å². The van der Waals surface area contributed by atoms with Gasteiger partial charge >= 0.3 is 0 Å². The zero-order chi connectivity index (χ0) is 14.8. The van der Waals surface area contributed by atoms with Crippen LogP contribution < -0.4 is 0 Å². The van der Waals surface area contributed by atoms with Gasteiger partial charge in [0.2, 0.25) is 5.91 Å². The van der Waals surface area contributed by atoms with Gasteiger partial charge in [-0.3, -0.25) is 4.79 Å². The maximum absolute atomic E-state index is 12.1. The van der Waals surface area contributed by atoms with E-state index in [1.54, 1.807) is 0 Å². The Hall–Kier alpha value is -0.570. The molecule has 0 N–H and O–H groups in total. The van der Waals surface area contributed by atoms with Crippen molar-refractivity contribution in [3.05, 3.63) is 0 Å². The van der Waals surface area contributed by atoms with Crippen LogP contribution in [0.2, 0.25) is 0 Å². The lowest BCUT2D eigenvalue weighted by atomic mass is 9.71. The molecule has 2 saturated heterocycles. The molecule has 3 heteroatoms. The number of piperidine rings is 2. The van der Waals surface area contributed by atoms with Crippen molar-refractivity contribution in [3.63, 3.8) is 0 Å². The highest BCUT2D eigenvalue weighted by Crippen LogP contribution is 2.41. The number of carbonyl (C=O) groups is 1. The average molecular weight is 280 g/mol. The van der Waals surface area contributed by atoms with E-state index < -0.39 is 0 Å². The standard InChI is InChI=1S/C17H32N2O/c1-5-15(4)18-10-6-17(7-11-18)8-12-19(13-9-17)16(20)14(2)3/h14-15H,5-13H2,1-4H3. The lowest BCUT2D eigenvalue weighted by Crippen LogP contribution is -2.50. The van der Waals surface area contributed by atoms with Crippen LogP contribution in [0.4, 0.5) is 0 Å². The maximum atomic E-state index is 12.1. The average Bonchev–Trinajstić information content (AvgIpc) is 2.47. The Morgan fingerprint density at radius 2 is 1.50 bits per heavy atom. The summed E-state index contributed by atoms with van der Waals surface area (Å²) in [5.41, 5.74) is 0.539. The summed E-state index contributed by atoms with van der Waals surface area (Å²) in [4.78, 5) is 16.8. The van der Waals surface area contributed by atoms with E-state index in [1.807, 2.05) is 13.8 Å². The van der Waals surface area contributed by atoms with Crippen molar-refractivity contribution in [2.24, 2.45) is 11.3 Å². The molecule has 2 aliphatic heterocycles. The number of nitrogens with zero attached hydrogens (tertiary/aromatic N) is 2. The highest BCUT2D eigenvalue weighted by molar-refractivity contribution is 5.78. The zero-order valence-corrected chi connectivity index (χ0v) is 13.8. The van der Waals surface area contributed by atoms with Gasteiger partial charge in [0.1, 0.15) is 0 Å². The smallest absolute Gasteiger partial charge is 0.225 e. The predicted molar refractivity (Wildman–Crippen MR) is 83.6 cm³/mol. The van der Waals surface area contributed by atoms with Gasteiger partial charge < -0.3 is 9.80 Å². The monoisotopic (exact) mass is 280 g/mol.